The maximum atomic E-state index is 12.9. The van der Waals surface area contributed by atoms with Gasteiger partial charge >= 0.3 is 11.9 Å². The molecule has 0 aromatic heterocycles. The molecule has 1 unspecified atom stereocenters. The van der Waals surface area contributed by atoms with Crippen LogP contribution in [0, 0.1) is 11.7 Å². The predicted octanol–water partition coefficient (Wildman–Crippen LogP) is 2.48. The molecule has 0 fully saturated rings. The molecular formula is C18H21FNO4+. The van der Waals surface area contributed by atoms with Crippen LogP contribution in [-0.2, 0) is 9.59 Å². The van der Waals surface area contributed by atoms with Crippen molar-refractivity contribution in [2.24, 2.45) is 5.92 Å². The van der Waals surface area contributed by atoms with Crippen LogP contribution in [0.25, 0.3) is 6.08 Å². The summed E-state index contributed by atoms with van der Waals surface area (Å²) in [6.45, 7) is 3.53. The monoisotopic (exact) mass is 334 g/mol. The summed E-state index contributed by atoms with van der Waals surface area (Å²) >= 11 is 0. The first kappa shape index (κ1) is 19.3. The highest BCUT2D eigenvalue weighted by Crippen LogP contribution is 2.23. The molecule has 0 radical (unpaired) electrons. The number of carbonyl (C=O) groups is 2. The van der Waals surface area contributed by atoms with Gasteiger partial charge in [0.15, 0.2) is 0 Å². The Hall–Kier alpha value is -2.73. The van der Waals surface area contributed by atoms with E-state index in [1.807, 2.05) is 0 Å². The fourth-order valence-corrected chi connectivity index (χ4v) is 2.05. The molecule has 0 saturated carbocycles. The molecule has 0 spiro atoms. The number of benzene rings is 1. The fraction of sp³-hybridized carbons (Fsp3) is 0.222. The van der Waals surface area contributed by atoms with Gasteiger partial charge in [-0.25, -0.2) is 9.18 Å². The van der Waals surface area contributed by atoms with Crippen LogP contribution in [0.1, 0.15) is 25.8 Å². The lowest BCUT2D eigenvalue weighted by Gasteiger charge is -2.14. The molecule has 0 aliphatic rings. The largest absolute Gasteiger partial charge is 0.481 e. The van der Waals surface area contributed by atoms with Gasteiger partial charge in [-0.2, -0.15) is 0 Å². The zero-order valence-corrected chi connectivity index (χ0v) is 13.6. The van der Waals surface area contributed by atoms with Crippen molar-refractivity contribution in [3.8, 4) is 0 Å². The maximum Gasteiger partial charge on any atom is 0.332 e. The van der Waals surface area contributed by atoms with Crippen molar-refractivity contribution in [2.75, 3.05) is 0 Å². The van der Waals surface area contributed by atoms with Crippen molar-refractivity contribution >= 4 is 18.0 Å². The first-order valence-corrected chi connectivity index (χ1v) is 7.30. The minimum absolute atomic E-state index is 0.0540. The molecule has 1 atom stereocenters. The smallest absolute Gasteiger partial charge is 0.332 e. The summed E-state index contributed by atoms with van der Waals surface area (Å²) in [5.41, 5.74) is 5.41. The van der Waals surface area contributed by atoms with Crippen LogP contribution in [-0.4, -0.2) is 22.2 Å². The molecule has 1 aromatic rings. The Balaban J connectivity index is 3.19. The Labute approximate surface area is 139 Å². The summed E-state index contributed by atoms with van der Waals surface area (Å²) in [5, 5.41) is 18.8. The first-order chi connectivity index (χ1) is 11.2. The predicted molar refractivity (Wildman–Crippen MR) is 88.2 cm³/mol. The van der Waals surface area contributed by atoms with Crippen LogP contribution < -0.4 is 5.73 Å². The highest BCUT2D eigenvalue weighted by atomic mass is 19.1. The van der Waals surface area contributed by atoms with Crippen LogP contribution in [0.15, 0.2) is 53.3 Å². The number of hydrogen-bond acceptors (Lipinski definition) is 2. The third kappa shape index (κ3) is 6.18. The van der Waals surface area contributed by atoms with Crippen molar-refractivity contribution in [2.45, 2.75) is 20.3 Å². The quantitative estimate of drug-likeness (QED) is 0.526. The van der Waals surface area contributed by atoms with Crippen LogP contribution in [0.3, 0.4) is 0 Å². The van der Waals surface area contributed by atoms with Crippen LogP contribution in [0.5, 0.6) is 0 Å². The lowest BCUT2D eigenvalue weighted by atomic mass is 9.90. The highest BCUT2D eigenvalue weighted by Gasteiger charge is 2.27. The van der Waals surface area contributed by atoms with E-state index in [-0.39, 0.29) is 12.0 Å². The molecule has 0 aliphatic heterocycles. The standard InChI is InChI=1S/C18H20FNO4/c1-11(3-4-12(2)20)9-15(17(21)22)16(18(23)24)10-13-5-7-14(19)8-6-13/h3-8,10,15H,9,20H2,1-2H3,(H,21,22)(H,23,24)/p+1/b11-3+,12-4+,16-10-. The van der Waals surface area contributed by atoms with Gasteiger partial charge in [-0.1, -0.05) is 23.8 Å². The lowest BCUT2D eigenvalue weighted by Crippen LogP contribution is -2.45. The summed E-state index contributed by atoms with van der Waals surface area (Å²) < 4.78 is 12.9. The average Bonchev–Trinajstić information content (AvgIpc) is 2.50. The summed E-state index contributed by atoms with van der Waals surface area (Å²) in [7, 11) is 0. The van der Waals surface area contributed by atoms with Gasteiger partial charge in [-0.3, -0.25) is 4.79 Å². The minimum Gasteiger partial charge on any atom is -0.481 e. The number of rotatable bonds is 7. The summed E-state index contributed by atoms with van der Waals surface area (Å²) in [5.74, 6) is -4.20. The maximum absolute atomic E-state index is 12.9. The van der Waals surface area contributed by atoms with E-state index in [0.29, 0.717) is 5.56 Å². The molecule has 0 bridgehead atoms. The molecule has 0 heterocycles. The lowest BCUT2D eigenvalue weighted by molar-refractivity contribution is -0.301. The van der Waals surface area contributed by atoms with Gasteiger partial charge in [-0.15, -0.1) is 0 Å². The second kappa shape index (κ2) is 8.79. The molecule has 24 heavy (non-hydrogen) atoms. The average molecular weight is 334 g/mol. The van der Waals surface area contributed by atoms with Gasteiger partial charge in [0.05, 0.1) is 11.5 Å². The van der Waals surface area contributed by atoms with Crippen LogP contribution in [0.4, 0.5) is 4.39 Å². The third-order valence-electron chi connectivity index (χ3n) is 3.29. The minimum atomic E-state index is -1.32. The molecule has 5 nitrogen and oxygen atoms in total. The molecular weight excluding hydrogens is 313 g/mol. The van der Waals surface area contributed by atoms with Crippen molar-refractivity contribution in [1.82, 2.24) is 0 Å². The Morgan fingerprint density at radius 1 is 1.17 bits per heavy atom. The van der Waals surface area contributed by atoms with E-state index in [2.05, 4.69) is 5.73 Å². The van der Waals surface area contributed by atoms with Gasteiger partial charge in [0.2, 0.25) is 0 Å². The molecule has 0 aliphatic carbocycles. The number of carboxylic acid groups (broad SMARTS) is 2. The van der Waals surface area contributed by atoms with Crippen molar-refractivity contribution in [1.29, 1.82) is 0 Å². The Morgan fingerprint density at radius 2 is 1.75 bits per heavy atom. The Kier molecular flexibility index (Phi) is 7.07. The normalized spacial score (nSPS) is 14.4. The molecule has 1 aromatic carbocycles. The number of allylic oxidation sites excluding steroid dienone is 4. The van der Waals surface area contributed by atoms with E-state index in [1.54, 1.807) is 26.0 Å². The second-order valence-corrected chi connectivity index (χ2v) is 5.58. The summed E-state index contributed by atoms with van der Waals surface area (Å²) in [6, 6.07) is 5.17. The Morgan fingerprint density at radius 3 is 2.21 bits per heavy atom. The van der Waals surface area contributed by atoms with Crippen molar-refractivity contribution in [3.63, 3.8) is 0 Å². The van der Waals surface area contributed by atoms with Gasteiger partial charge in [0.1, 0.15) is 11.5 Å². The summed E-state index contributed by atoms with van der Waals surface area (Å²) in [6.07, 6.45) is 4.77. The number of quaternary nitrogens is 1. The van der Waals surface area contributed by atoms with Crippen LogP contribution >= 0.6 is 0 Å². The van der Waals surface area contributed by atoms with Gasteiger partial charge in [0, 0.05) is 6.92 Å². The van der Waals surface area contributed by atoms with E-state index < -0.39 is 23.7 Å². The molecule has 0 saturated heterocycles. The van der Waals surface area contributed by atoms with E-state index in [0.717, 1.165) is 11.3 Å². The zero-order valence-electron chi connectivity index (χ0n) is 13.6. The molecule has 1 rings (SSSR count). The summed E-state index contributed by atoms with van der Waals surface area (Å²) in [4.78, 5) is 23.1. The number of halogens is 1. The number of aliphatic carboxylic acids is 2. The van der Waals surface area contributed by atoms with Gasteiger partial charge < -0.3 is 15.9 Å². The van der Waals surface area contributed by atoms with E-state index >= 15 is 0 Å². The highest BCUT2D eigenvalue weighted by molar-refractivity contribution is 5.98. The van der Waals surface area contributed by atoms with Gasteiger partial charge in [0.25, 0.3) is 0 Å². The molecule has 128 valence electrons. The molecule has 0 amide bonds. The molecule has 5 N–H and O–H groups in total. The number of hydrogen-bond donors (Lipinski definition) is 3. The fourth-order valence-electron chi connectivity index (χ4n) is 2.05. The van der Waals surface area contributed by atoms with Gasteiger partial charge in [-0.05, 0) is 43.2 Å². The first-order valence-electron chi connectivity index (χ1n) is 7.30. The van der Waals surface area contributed by atoms with Crippen molar-refractivity contribution in [3.05, 3.63) is 64.6 Å². The topological polar surface area (TPSA) is 102 Å². The van der Waals surface area contributed by atoms with Crippen LogP contribution in [0.2, 0.25) is 0 Å². The SMILES string of the molecule is C/C([NH3+])=C\C=C(/C)CC(C(=O)O)/C(=C/c1ccc(F)cc1)C(=O)O. The Bertz CT molecular complexity index is 698. The molecule has 6 heteroatoms. The van der Waals surface area contributed by atoms with Crippen molar-refractivity contribution < 1.29 is 29.9 Å². The van der Waals surface area contributed by atoms with E-state index in [4.69, 9.17) is 0 Å². The second-order valence-electron chi connectivity index (χ2n) is 5.58. The third-order valence-corrected chi connectivity index (χ3v) is 3.29. The van der Waals surface area contributed by atoms with E-state index in [1.165, 1.54) is 30.3 Å². The van der Waals surface area contributed by atoms with E-state index in [9.17, 15) is 24.2 Å². The zero-order chi connectivity index (χ0) is 18.3. The number of carboxylic acids is 2.